The van der Waals surface area contributed by atoms with Crippen LogP contribution >= 0.6 is 7.60 Å². The van der Waals surface area contributed by atoms with Crippen LogP contribution in [0, 0.1) is 11.8 Å². The summed E-state index contributed by atoms with van der Waals surface area (Å²) < 4.78 is 23.3. The Morgan fingerprint density at radius 2 is 1.77 bits per heavy atom. The third kappa shape index (κ3) is 7.09. The third-order valence-electron chi connectivity index (χ3n) is 2.87. The second-order valence-electron chi connectivity index (χ2n) is 4.75. The maximum atomic E-state index is 12.6. The standard InChI is InChI=1S/C18H25O3P/c1-4-7-11-18(15-14-17-12-9-8-10-13-17)16-22(19,20-5-2)21-6-3/h8-10,12-13,16H,4-7,11H2,1-3H3/b18-16-. The van der Waals surface area contributed by atoms with Crippen LogP contribution in [0.2, 0.25) is 0 Å². The van der Waals surface area contributed by atoms with E-state index in [2.05, 4.69) is 18.8 Å². The van der Waals surface area contributed by atoms with Gasteiger partial charge in [-0.05, 0) is 38.8 Å². The molecule has 22 heavy (non-hydrogen) atoms. The molecule has 0 heterocycles. The van der Waals surface area contributed by atoms with Crippen molar-refractivity contribution in [3.05, 3.63) is 47.3 Å². The zero-order chi connectivity index (χ0) is 16.3. The Morgan fingerprint density at radius 1 is 1.14 bits per heavy atom. The monoisotopic (exact) mass is 320 g/mol. The maximum absolute atomic E-state index is 12.6. The second-order valence-corrected chi connectivity index (χ2v) is 6.60. The smallest absolute Gasteiger partial charge is 0.306 e. The Labute approximate surface area is 134 Å². The van der Waals surface area contributed by atoms with E-state index in [1.165, 1.54) is 0 Å². The molecule has 0 aliphatic rings. The van der Waals surface area contributed by atoms with Gasteiger partial charge in [0.2, 0.25) is 0 Å². The molecular formula is C18H25O3P. The molecule has 0 aliphatic heterocycles. The van der Waals surface area contributed by atoms with Gasteiger partial charge in [-0.1, -0.05) is 43.4 Å². The van der Waals surface area contributed by atoms with Gasteiger partial charge in [0.25, 0.3) is 0 Å². The molecule has 0 spiro atoms. The van der Waals surface area contributed by atoms with Crippen molar-refractivity contribution in [1.29, 1.82) is 0 Å². The van der Waals surface area contributed by atoms with Crippen molar-refractivity contribution < 1.29 is 13.6 Å². The molecule has 0 aliphatic carbocycles. The second kappa shape index (κ2) is 10.4. The van der Waals surface area contributed by atoms with Gasteiger partial charge < -0.3 is 9.05 Å². The Kier molecular flexibility index (Phi) is 8.85. The van der Waals surface area contributed by atoms with E-state index >= 15 is 0 Å². The zero-order valence-electron chi connectivity index (χ0n) is 13.7. The first-order valence-corrected chi connectivity index (χ1v) is 9.42. The highest BCUT2D eigenvalue weighted by Gasteiger charge is 2.20. The molecule has 0 radical (unpaired) electrons. The summed E-state index contributed by atoms with van der Waals surface area (Å²) in [6.07, 6.45) is 2.83. The minimum atomic E-state index is -3.20. The molecule has 3 nitrogen and oxygen atoms in total. The normalized spacial score (nSPS) is 11.9. The van der Waals surface area contributed by atoms with Gasteiger partial charge in [-0.2, -0.15) is 0 Å². The SMILES string of the molecule is CCCC/C(C#Cc1ccccc1)=C/P(=O)(OCC)OCC. The molecule has 1 rings (SSSR count). The molecule has 0 saturated carbocycles. The van der Waals surface area contributed by atoms with Crippen LogP contribution in [0.5, 0.6) is 0 Å². The number of hydrogen-bond donors (Lipinski definition) is 0. The van der Waals surface area contributed by atoms with Gasteiger partial charge in [-0.15, -0.1) is 0 Å². The van der Waals surface area contributed by atoms with Gasteiger partial charge in [-0.25, -0.2) is 0 Å². The van der Waals surface area contributed by atoms with E-state index in [9.17, 15) is 4.57 Å². The number of allylic oxidation sites excluding steroid dienone is 1. The molecule has 0 atom stereocenters. The van der Waals surface area contributed by atoms with Gasteiger partial charge in [0.05, 0.1) is 13.2 Å². The van der Waals surface area contributed by atoms with Gasteiger partial charge in [0, 0.05) is 17.0 Å². The molecule has 0 saturated heterocycles. The van der Waals surface area contributed by atoms with E-state index in [0.717, 1.165) is 30.4 Å². The van der Waals surface area contributed by atoms with Crippen LogP contribution in [0.1, 0.15) is 45.6 Å². The van der Waals surface area contributed by atoms with Crippen LogP contribution in [-0.2, 0) is 13.6 Å². The molecule has 0 N–H and O–H groups in total. The molecule has 0 amide bonds. The molecule has 0 fully saturated rings. The van der Waals surface area contributed by atoms with Crippen molar-refractivity contribution in [2.75, 3.05) is 13.2 Å². The van der Waals surface area contributed by atoms with Crippen LogP contribution in [0.3, 0.4) is 0 Å². The highest BCUT2D eigenvalue weighted by atomic mass is 31.2. The lowest BCUT2D eigenvalue weighted by Crippen LogP contribution is -1.94. The predicted molar refractivity (Wildman–Crippen MR) is 91.8 cm³/mol. The summed E-state index contributed by atoms with van der Waals surface area (Å²) in [6, 6.07) is 9.76. The van der Waals surface area contributed by atoms with Crippen LogP contribution in [-0.4, -0.2) is 13.2 Å². The first-order chi connectivity index (χ1) is 10.6. The highest BCUT2D eigenvalue weighted by molar-refractivity contribution is 7.57. The van der Waals surface area contributed by atoms with Crippen molar-refractivity contribution in [2.24, 2.45) is 0 Å². The molecule has 0 unspecified atom stereocenters. The Morgan fingerprint density at radius 3 is 2.32 bits per heavy atom. The molecular weight excluding hydrogens is 295 g/mol. The molecule has 0 aromatic heterocycles. The van der Waals surface area contributed by atoms with E-state index in [0.29, 0.717) is 13.2 Å². The fourth-order valence-corrected chi connectivity index (χ4v) is 3.38. The van der Waals surface area contributed by atoms with Crippen molar-refractivity contribution >= 4 is 7.60 Å². The van der Waals surface area contributed by atoms with E-state index in [1.807, 2.05) is 30.3 Å². The lowest BCUT2D eigenvalue weighted by molar-refractivity contribution is 0.228. The number of benzene rings is 1. The molecule has 1 aromatic carbocycles. The van der Waals surface area contributed by atoms with Crippen molar-refractivity contribution in [3.63, 3.8) is 0 Å². The lowest BCUT2D eigenvalue weighted by atomic mass is 10.1. The zero-order valence-corrected chi connectivity index (χ0v) is 14.6. The average Bonchev–Trinajstić information content (AvgIpc) is 2.51. The summed E-state index contributed by atoms with van der Waals surface area (Å²) in [5.41, 5.74) is 1.75. The van der Waals surface area contributed by atoms with E-state index < -0.39 is 7.60 Å². The van der Waals surface area contributed by atoms with Gasteiger partial charge >= 0.3 is 7.60 Å². The Bertz CT molecular complexity index is 557. The molecule has 0 bridgehead atoms. The molecule has 120 valence electrons. The van der Waals surface area contributed by atoms with E-state index in [1.54, 1.807) is 19.7 Å². The van der Waals surface area contributed by atoms with E-state index in [4.69, 9.17) is 9.05 Å². The van der Waals surface area contributed by atoms with Gasteiger partial charge in [0.1, 0.15) is 0 Å². The minimum absolute atomic E-state index is 0.348. The third-order valence-corrected chi connectivity index (χ3v) is 4.74. The summed E-state index contributed by atoms with van der Waals surface area (Å²) in [6.45, 7) is 6.43. The number of rotatable bonds is 8. The first-order valence-electron chi connectivity index (χ1n) is 7.81. The fourth-order valence-electron chi connectivity index (χ4n) is 1.86. The van der Waals surface area contributed by atoms with Crippen LogP contribution < -0.4 is 0 Å². The fraction of sp³-hybridized carbons (Fsp3) is 0.444. The lowest BCUT2D eigenvalue weighted by Gasteiger charge is -2.13. The van der Waals surface area contributed by atoms with E-state index in [-0.39, 0.29) is 0 Å². The summed E-state index contributed by atoms with van der Waals surface area (Å²) >= 11 is 0. The van der Waals surface area contributed by atoms with Crippen LogP contribution in [0.15, 0.2) is 41.7 Å². The Hall–Kier alpha value is -1.33. The highest BCUT2D eigenvalue weighted by Crippen LogP contribution is 2.50. The summed E-state index contributed by atoms with van der Waals surface area (Å²) in [5, 5.41) is 0. The topological polar surface area (TPSA) is 35.5 Å². The van der Waals surface area contributed by atoms with Crippen LogP contribution in [0.4, 0.5) is 0 Å². The Balaban J connectivity index is 3.03. The maximum Gasteiger partial charge on any atom is 0.355 e. The summed E-state index contributed by atoms with van der Waals surface area (Å²) in [7, 11) is -3.20. The largest absolute Gasteiger partial charge is 0.355 e. The van der Waals surface area contributed by atoms with Crippen molar-refractivity contribution in [2.45, 2.75) is 40.0 Å². The quantitative estimate of drug-likeness (QED) is 0.476. The number of unbranched alkanes of at least 4 members (excludes halogenated alkanes) is 1. The van der Waals surface area contributed by atoms with Crippen molar-refractivity contribution in [3.8, 4) is 11.8 Å². The summed E-state index contributed by atoms with van der Waals surface area (Å²) in [4.78, 5) is 0. The predicted octanol–water partition coefficient (Wildman–Crippen LogP) is 5.38. The molecule has 4 heteroatoms. The molecule has 1 aromatic rings. The number of hydrogen-bond acceptors (Lipinski definition) is 3. The van der Waals surface area contributed by atoms with Crippen LogP contribution in [0.25, 0.3) is 0 Å². The minimum Gasteiger partial charge on any atom is -0.306 e. The van der Waals surface area contributed by atoms with Crippen molar-refractivity contribution in [1.82, 2.24) is 0 Å². The first kappa shape index (κ1) is 18.7. The summed E-state index contributed by atoms with van der Waals surface area (Å²) in [5.74, 6) is 7.82. The van der Waals surface area contributed by atoms with Gasteiger partial charge in [0.15, 0.2) is 0 Å². The van der Waals surface area contributed by atoms with Gasteiger partial charge in [-0.3, -0.25) is 4.57 Å². The average molecular weight is 320 g/mol.